The van der Waals surface area contributed by atoms with Crippen LogP contribution in [0.25, 0.3) is 5.70 Å². The molecule has 0 saturated carbocycles. The van der Waals surface area contributed by atoms with E-state index in [1.807, 2.05) is 35.3 Å². The molecule has 0 fully saturated rings. The van der Waals surface area contributed by atoms with Crippen LogP contribution >= 0.6 is 0 Å². The van der Waals surface area contributed by atoms with Crippen molar-refractivity contribution in [3.05, 3.63) is 71.9 Å². The van der Waals surface area contributed by atoms with E-state index in [-0.39, 0.29) is 0 Å². The zero-order chi connectivity index (χ0) is 13.2. The summed E-state index contributed by atoms with van der Waals surface area (Å²) < 4.78 is 0. The van der Waals surface area contributed by atoms with Gasteiger partial charge in [-0.2, -0.15) is 0 Å². The molecule has 0 atom stereocenters. The molecule has 96 valence electrons. The van der Waals surface area contributed by atoms with Gasteiger partial charge in [0.05, 0.1) is 11.4 Å². The SMILES string of the molecule is Cc1ccccc1C1=CN(c2ccccc2)NN1C. The first-order chi connectivity index (χ1) is 9.25. The second-order valence-electron chi connectivity index (χ2n) is 4.69. The molecule has 3 heteroatoms. The second-order valence-corrected chi connectivity index (χ2v) is 4.69. The van der Waals surface area contributed by atoms with Crippen LogP contribution in [0.4, 0.5) is 5.69 Å². The summed E-state index contributed by atoms with van der Waals surface area (Å²) in [4.78, 5) is 0. The minimum atomic E-state index is 1.12. The number of nitrogens with one attached hydrogen (secondary N) is 1. The molecule has 0 aromatic heterocycles. The van der Waals surface area contributed by atoms with Crippen molar-refractivity contribution >= 4 is 11.4 Å². The summed E-state index contributed by atoms with van der Waals surface area (Å²) in [5, 5.41) is 4.07. The molecule has 0 bridgehead atoms. The molecule has 1 aliphatic rings. The lowest BCUT2D eigenvalue weighted by molar-refractivity contribution is 0.375. The fraction of sp³-hybridized carbons (Fsp3) is 0.125. The van der Waals surface area contributed by atoms with Gasteiger partial charge in [-0.15, -0.1) is 5.53 Å². The normalized spacial score (nSPS) is 14.7. The van der Waals surface area contributed by atoms with E-state index in [9.17, 15) is 0 Å². The van der Waals surface area contributed by atoms with Gasteiger partial charge >= 0.3 is 0 Å². The summed E-state index contributed by atoms with van der Waals surface area (Å²) >= 11 is 0. The number of aryl methyl sites for hydroxylation is 1. The zero-order valence-electron chi connectivity index (χ0n) is 11.2. The van der Waals surface area contributed by atoms with E-state index in [4.69, 9.17) is 0 Å². The molecule has 0 spiro atoms. The molecule has 19 heavy (non-hydrogen) atoms. The lowest BCUT2D eigenvalue weighted by Gasteiger charge is -2.21. The van der Waals surface area contributed by atoms with Crippen molar-refractivity contribution in [1.29, 1.82) is 0 Å². The number of hydrogen-bond acceptors (Lipinski definition) is 3. The predicted molar refractivity (Wildman–Crippen MR) is 79.0 cm³/mol. The van der Waals surface area contributed by atoms with E-state index in [2.05, 4.69) is 55.1 Å². The number of para-hydroxylation sites is 1. The molecule has 0 unspecified atom stereocenters. The third-order valence-corrected chi connectivity index (χ3v) is 3.33. The maximum Gasteiger partial charge on any atom is 0.0788 e. The molecular weight excluding hydrogens is 234 g/mol. The summed E-state index contributed by atoms with van der Waals surface area (Å²) in [5.74, 6) is 0. The van der Waals surface area contributed by atoms with Crippen molar-refractivity contribution in [1.82, 2.24) is 10.5 Å². The highest BCUT2D eigenvalue weighted by Crippen LogP contribution is 2.26. The van der Waals surface area contributed by atoms with Crippen molar-refractivity contribution in [3.63, 3.8) is 0 Å². The largest absolute Gasteiger partial charge is 0.291 e. The molecule has 3 rings (SSSR count). The van der Waals surface area contributed by atoms with Crippen LogP contribution in [0.1, 0.15) is 11.1 Å². The maximum atomic E-state index is 3.32. The van der Waals surface area contributed by atoms with E-state index in [1.54, 1.807) is 0 Å². The fourth-order valence-electron chi connectivity index (χ4n) is 2.28. The Morgan fingerprint density at radius 3 is 2.32 bits per heavy atom. The Balaban J connectivity index is 1.97. The summed E-state index contributed by atoms with van der Waals surface area (Å²) in [7, 11) is 2.03. The summed E-state index contributed by atoms with van der Waals surface area (Å²) in [6.07, 6.45) is 2.12. The fourth-order valence-corrected chi connectivity index (χ4v) is 2.28. The quantitative estimate of drug-likeness (QED) is 0.884. The van der Waals surface area contributed by atoms with E-state index < -0.39 is 0 Å². The number of rotatable bonds is 2. The van der Waals surface area contributed by atoms with Crippen LogP contribution in [0.3, 0.4) is 0 Å². The highest BCUT2D eigenvalue weighted by molar-refractivity contribution is 5.71. The Labute approximate surface area is 113 Å². The highest BCUT2D eigenvalue weighted by Gasteiger charge is 2.20. The Bertz CT molecular complexity index is 604. The van der Waals surface area contributed by atoms with Crippen molar-refractivity contribution < 1.29 is 0 Å². The topological polar surface area (TPSA) is 18.5 Å². The predicted octanol–water partition coefficient (Wildman–Crippen LogP) is 3.17. The molecule has 2 aromatic carbocycles. The third kappa shape index (κ3) is 2.20. The number of benzene rings is 2. The second kappa shape index (κ2) is 4.78. The smallest absolute Gasteiger partial charge is 0.0788 e. The van der Waals surface area contributed by atoms with E-state index in [0.717, 1.165) is 5.69 Å². The Hall–Kier alpha value is -2.26. The van der Waals surface area contributed by atoms with E-state index in [0.29, 0.717) is 0 Å². The van der Waals surface area contributed by atoms with Gasteiger partial charge in [-0.25, -0.2) is 0 Å². The molecular formula is C16H17N3. The average Bonchev–Trinajstić information content (AvgIpc) is 2.82. The summed E-state index contributed by atoms with van der Waals surface area (Å²) in [5.41, 5.74) is 8.13. The van der Waals surface area contributed by atoms with Crippen LogP contribution in [0.5, 0.6) is 0 Å². The minimum Gasteiger partial charge on any atom is -0.291 e. The highest BCUT2D eigenvalue weighted by atomic mass is 15.8. The molecule has 0 amide bonds. The van der Waals surface area contributed by atoms with E-state index in [1.165, 1.54) is 16.8 Å². The Morgan fingerprint density at radius 1 is 0.895 bits per heavy atom. The number of nitrogens with zero attached hydrogens (tertiary/aromatic N) is 2. The third-order valence-electron chi connectivity index (χ3n) is 3.33. The Morgan fingerprint density at radius 2 is 1.58 bits per heavy atom. The molecule has 2 aromatic rings. The first-order valence-electron chi connectivity index (χ1n) is 6.38. The van der Waals surface area contributed by atoms with Crippen LogP contribution < -0.4 is 10.5 Å². The van der Waals surface area contributed by atoms with Crippen LogP contribution in [-0.4, -0.2) is 12.1 Å². The van der Waals surface area contributed by atoms with Gasteiger partial charge in [0.25, 0.3) is 0 Å². The minimum absolute atomic E-state index is 1.12. The van der Waals surface area contributed by atoms with Gasteiger partial charge in [0.15, 0.2) is 0 Å². The van der Waals surface area contributed by atoms with Crippen LogP contribution in [-0.2, 0) is 0 Å². The average molecular weight is 251 g/mol. The Kier molecular flexibility index (Phi) is 2.97. The monoisotopic (exact) mass is 251 g/mol. The summed E-state index contributed by atoms with van der Waals surface area (Å²) in [6, 6.07) is 18.7. The van der Waals surface area contributed by atoms with Gasteiger partial charge in [0.2, 0.25) is 0 Å². The van der Waals surface area contributed by atoms with Crippen LogP contribution in [0.15, 0.2) is 60.8 Å². The maximum absolute atomic E-state index is 3.32. The molecule has 3 nitrogen and oxygen atoms in total. The lowest BCUT2D eigenvalue weighted by Crippen LogP contribution is -2.37. The molecule has 0 aliphatic carbocycles. The number of hydrazine groups is 2. The molecule has 0 saturated heterocycles. The zero-order valence-corrected chi connectivity index (χ0v) is 11.2. The van der Waals surface area contributed by atoms with Crippen LogP contribution in [0, 0.1) is 6.92 Å². The summed E-state index contributed by atoms with van der Waals surface area (Å²) in [6.45, 7) is 2.13. The van der Waals surface area contributed by atoms with Crippen molar-refractivity contribution in [2.75, 3.05) is 12.1 Å². The van der Waals surface area contributed by atoms with Crippen molar-refractivity contribution in [2.45, 2.75) is 6.92 Å². The van der Waals surface area contributed by atoms with Crippen molar-refractivity contribution in [2.24, 2.45) is 0 Å². The van der Waals surface area contributed by atoms with Gasteiger partial charge in [-0.1, -0.05) is 42.5 Å². The van der Waals surface area contributed by atoms with E-state index >= 15 is 0 Å². The van der Waals surface area contributed by atoms with Gasteiger partial charge in [0.1, 0.15) is 0 Å². The van der Waals surface area contributed by atoms with Crippen LogP contribution in [0.2, 0.25) is 0 Å². The number of anilines is 1. The van der Waals surface area contributed by atoms with Crippen molar-refractivity contribution in [3.8, 4) is 0 Å². The van der Waals surface area contributed by atoms with Gasteiger partial charge in [-0.3, -0.25) is 10.0 Å². The number of hydrogen-bond donors (Lipinski definition) is 1. The van der Waals surface area contributed by atoms with Gasteiger partial charge in [0, 0.05) is 18.8 Å². The molecule has 1 N–H and O–H groups in total. The molecule has 0 radical (unpaired) electrons. The first-order valence-corrected chi connectivity index (χ1v) is 6.38. The molecule has 1 heterocycles. The standard InChI is InChI=1S/C16H17N3/c1-13-8-6-7-11-15(13)16-12-19(17-18(16)2)14-9-4-3-5-10-14/h3-12,17H,1-2H3. The lowest BCUT2D eigenvalue weighted by atomic mass is 10.1. The van der Waals surface area contributed by atoms with Gasteiger partial charge < -0.3 is 0 Å². The molecule has 1 aliphatic heterocycles. The first kappa shape index (κ1) is 11.8. The van der Waals surface area contributed by atoms with Gasteiger partial charge in [-0.05, 0) is 24.6 Å².